The molecule has 18 heavy (non-hydrogen) atoms. The normalized spacial score (nSPS) is 21.8. The van der Waals surface area contributed by atoms with Crippen LogP contribution in [0.15, 0.2) is 18.2 Å². The van der Waals surface area contributed by atoms with E-state index in [1.165, 1.54) is 12.1 Å². The third-order valence-corrected chi connectivity index (χ3v) is 4.49. The zero-order chi connectivity index (χ0) is 13.0. The molecule has 1 saturated heterocycles. The van der Waals surface area contributed by atoms with Gasteiger partial charge in [-0.1, -0.05) is 17.7 Å². The van der Waals surface area contributed by atoms with Crippen molar-refractivity contribution in [1.29, 1.82) is 0 Å². The average molecular weight is 290 g/mol. The quantitative estimate of drug-likeness (QED) is 0.921. The Balaban J connectivity index is 2.04. The van der Waals surface area contributed by atoms with Crippen molar-refractivity contribution in [3.05, 3.63) is 34.6 Å². The van der Waals surface area contributed by atoms with Crippen molar-refractivity contribution in [2.24, 2.45) is 0 Å². The van der Waals surface area contributed by atoms with E-state index >= 15 is 0 Å². The lowest BCUT2D eigenvalue weighted by Crippen LogP contribution is -2.44. The minimum atomic E-state index is -0.297. The van der Waals surface area contributed by atoms with Gasteiger partial charge in [-0.05, 0) is 31.2 Å². The molecule has 2 unspecified atom stereocenters. The molecule has 2 atom stereocenters. The Labute approximate surface area is 116 Å². The number of halogens is 2. The van der Waals surface area contributed by atoms with Gasteiger partial charge in [-0.3, -0.25) is 0 Å². The first-order valence-corrected chi connectivity index (χ1v) is 7.54. The van der Waals surface area contributed by atoms with Crippen LogP contribution in [0.1, 0.15) is 5.56 Å². The van der Waals surface area contributed by atoms with E-state index < -0.39 is 0 Å². The molecule has 0 radical (unpaired) electrons. The van der Waals surface area contributed by atoms with Crippen molar-refractivity contribution >= 4 is 23.4 Å². The first kappa shape index (κ1) is 14.1. The summed E-state index contributed by atoms with van der Waals surface area (Å²) in [6, 6.07) is 4.77. The minimum absolute atomic E-state index is 0.190. The van der Waals surface area contributed by atoms with Gasteiger partial charge in [0.2, 0.25) is 0 Å². The molecule has 0 aliphatic carbocycles. The maximum absolute atomic E-state index is 13.0. The van der Waals surface area contributed by atoms with Crippen LogP contribution in [-0.2, 0) is 11.2 Å². The highest BCUT2D eigenvalue weighted by Crippen LogP contribution is 2.22. The fraction of sp³-hybridized carbons (Fsp3) is 0.538. The fourth-order valence-electron chi connectivity index (χ4n) is 2.08. The van der Waals surface area contributed by atoms with Crippen LogP contribution in [0.4, 0.5) is 4.39 Å². The van der Waals surface area contributed by atoms with Crippen molar-refractivity contribution in [1.82, 2.24) is 5.32 Å². The topological polar surface area (TPSA) is 21.3 Å². The van der Waals surface area contributed by atoms with Gasteiger partial charge in [-0.25, -0.2) is 4.39 Å². The van der Waals surface area contributed by atoms with Crippen molar-refractivity contribution < 1.29 is 9.13 Å². The Kier molecular flexibility index (Phi) is 5.30. The molecule has 1 aromatic rings. The Morgan fingerprint density at radius 2 is 2.44 bits per heavy atom. The summed E-state index contributed by atoms with van der Waals surface area (Å²) in [6.45, 7) is 0.796. The Hall–Kier alpha value is -0.290. The molecule has 1 aliphatic heterocycles. The molecule has 0 bridgehead atoms. The van der Waals surface area contributed by atoms with Crippen LogP contribution in [0.25, 0.3) is 0 Å². The van der Waals surface area contributed by atoms with Crippen LogP contribution in [0.2, 0.25) is 5.02 Å². The SMILES string of the molecule is CNC(Cc1ccc(F)cc1Cl)C1CSCCO1. The van der Waals surface area contributed by atoms with E-state index in [2.05, 4.69) is 5.32 Å². The predicted octanol–water partition coefficient (Wildman–Crippen LogP) is 2.74. The van der Waals surface area contributed by atoms with Crippen LogP contribution < -0.4 is 5.32 Å². The number of thioether (sulfide) groups is 1. The van der Waals surface area contributed by atoms with Gasteiger partial charge in [0.15, 0.2) is 0 Å². The van der Waals surface area contributed by atoms with E-state index in [-0.39, 0.29) is 18.0 Å². The summed E-state index contributed by atoms with van der Waals surface area (Å²) in [7, 11) is 1.92. The molecule has 5 heteroatoms. The molecular weight excluding hydrogens is 273 g/mol. The van der Waals surface area contributed by atoms with E-state index in [0.29, 0.717) is 5.02 Å². The molecule has 100 valence electrons. The smallest absolute Gasteiger partial charge is 0.124 e. The summed E-state index contributed by atoms with van der Waals surface area (Å²) in [5, 5.41) is 3.76. The van der Waals surface area contributed by atoms with Gasteiger partial charge in [0, 0.05) is 22.6 Å². The molecular formula is C13H17ClFNOS. The molecule has 1 N–H and O–H groups in total. The fourth-order valence-corrected chi connectivity index (χ4v) is 3.27. The number of benzene rings is 1. The molecule has 1 aromatic carbocycles. The van der Waals surface area contributed by atoms with E-state index in [9.17, 15) is 4.39 Å². The van der Waals surface area contributed by atoms with Crippen LogP contribution >= 0.6 is 23.4 Å². The molecule has 1 aliphatic rings. The zero-order valence-corrected chi connectivity index (χ0v) is 11.9. The van der Waals surface area contributed by atoms with Gasteiger partial charge in [0.05, 0.1) is 12.7 Å². The predicted molar refractivity (Wildman–Crippen MR) is 75.0 cm³/mol. The lowest BCUT2D eigenvalue weighted by molar-refractivity contribution is 0.0492. The second-order valence-corrected chi connectivity index (χ2v) is 5.88. The molecule has 0 spiro atoms. The second-order valence-electron chi connectivity index (χ2n) is 4.32. The second kappa shape index (κ2) is 6.75. The standard InChI is InChI=1S/C13H17ClFNOS/c1-16-12(13-8-18-5-4-17-13)6-9-2-3-10(15)7-11(9)14/h2-3,7,12-13,16H,4-6,8H2,1H3. The van der Waals surface area contributed by atoms with Crippen LogP contribution in [0.3, 0.4) is 0 Å². The first-order chi connectivity index (χ1) is 8.70. The van der Waals surface area contributed by atoms with Crippen molar-refractivity contribution in [3.63, 3.8) is 0 Å². The number of nitrogens with one attached hydrogen (secondary N) is 1. The lowest BCUT2D eigenvalue weighted by Gasteiger charge is -2.30. The van der Waals surface area contributed by atoms with Gasteiger partial charge >= 0.3 is 0 Å². The zero-order valence-electron chi connectivity index (χ0n) is 10.3. The van der Waals surface area contributed by atoms with Gasteiger partial charge < -0.3 is 10.1 Å². The lowest BCUT2D eigenvalue weighted by atomic mass is 10.0. The molecule has 0 saturated carbocycles. The van der Waals surface area contributed by atoms with Crippen LogP contribution in [0.5, 0.6) is 0 Å². The Bertz CT molecular complexity index is 399. The summed E-state index contributed by atoms with van der Waals surface area (Å²) in [6.07, 6.45) is 0.941. The molecule has 0 amide bonds. The largest absolute Gasteiger partial charge is 0.375 e. The number of hydrogen-bond donors (Lipinski definition) is 1. The van der Waals surface area contributed by atoms with E-state index in [0.717, 1.165) is 30.1 Å². The minimum Gasteiger partial charge on any atom is -0.375 e. The highest BCUT2D eigenvalue weighted by molar-refractivity contribution is 7.99. The van der Waals surface area contributed by atoms with E-state index in [1.54, 1.807) is 6.07 Å². The highest BCUT2D eigenvalue weighted by Gasteiger charge is 2.24. The van der Waals surface area contributed by atoms with E-state index in [4.69, 9.17) is 16.3 Å². The number of hydrogen-bond acceptors (Lipinski definition) is 3. The average Bonchev–Trinajstić information content (AvgIpc) is 2.39. The summed E-state index contributed by atoms with van der Waals surface area (Å²) in [5.74, 6) is 1.75. The Morgan fingerprint density at radius 3 is 3.06 bits per heavy atom. The van der Waals surface area contributed by atoms with Crippen molar-refractivity contribution in [3.8, 4) is 0 Å². The number of likely N-dealkylation sites (N-methyl/N-ethyl adjacent to an activating group) is 1. The third-order valence-electron chi connectivity index (χ3n) is 3.12. The number of ether oxygens (including phenoxy) is 1. The summed E-state index contributed by atoms with van der Waals surface area (Å²) in [4.78, 5) is 0. The molecule has 1 fully saturated rings. The summed E-state index contributed by atoms with van der Waals surface area (Å²) < 4.78 is 18.8. The van der Waals surface area contributed by atoms with E-state index in [1.807, 2.05) is 18.8 Å². The van der Waals surface area contributed by atoms with Crippen molar-refractivity contribution in [2.75, 3.05) is 25.2 Å². The Morgan fingerprint density at radius 1 is 1.61 bits per heavy atom. The molecule has 2 nitrogen and oxygen atoms in total. The summed E-state index contributed by atoms with van der Waals surface area (Å²) in [5.41, 5.74) is 0.955. The van der Waals surface area contributed by atoms with Gasteiger partial charge in [-0.15, -0.1) is 0 Å². The highest BCUT2D eigenvalue weighted by atomic mass is 35.5. The van der Waals surface area contributed by atoms with Gasteiger partial charge in [-0.2, -0.15) is 11.8 Å². The van der Waals surface area contributed by atoms with Gasteiger partial charge in [0.1, 0.15) is 5.82 Å². The molecule has 2 rings (SSSR count). The summed E-state index contributed by atoms with van der Waals surface area (Å²) >= 11 is 7.96. The van der Waals surface area contributed by atoms with Crippen LogP contribution in [-0.4, -0.2) is 37.3 Å². The van der Waals surface area contributed by atoms with Crippen LogP contribution in [0, 0.1) is 5.82 Å². The van der Waals surface area contributed by atoms with Gasteiger partial charge in [0.25, 0.3) is 0 Å². The maximum atomic E-state index is 13.0. The number of rotatable bonds is 4. The third kappa shape index (κ3) is 3.60. The van der Waals surface area contributed by atoms with Crippen molar-refractivity contribution in [2.45, 2.75) is 18.6 Å². The molecule has 1 heterocycles. The molecule has 0 aromatic heterocycles. The first-order valence-electron chi connectivity index (χ1n) is 6.01. The monoisotopic (exact) mass is 289 g/mol. The maximum Gasteiger partial charge on any atom is 0.124 e.